The lowest BCUT2D eigenvalue weighted by molar-refractivity contribution is 1.52. The molecule has 86 valence electrons. The number of anilines is 2. The molecule has 17 heavy (non-hydrogen) atoms. The molecule has 0 aliphatic heterocycles. The third-order valence-electron chi connectivity index (χ3n) is 2.34. The quantitative estimate of drug-likeness (QED) is 0.828. The number of rotatable bonds is 3. The van der Waals surface area contributed by atoms with Crippen LogP contribution in [-0.4, -0.2) is 4.99 Å². The van der Waals surface area contributed by atoms with Crippen LogP contribution in [0.1, 0.15) is 5.56 Å². The summed E-state index contributed by atoms with van der Waals surface area (Å²) < 4.78 is 0. The van der Waals surface area contributed by atoms with Crippen molar-refractivity contribution >= 4 is 40.2 Å². The van der Waals surface area contributed by atoms with Crippen LogP contribution in [0.2, 0.25) is 5.02 Å². The first-order chi connectivity index (χ1) is 8.18. The van der Waals surface area contributed by atoms with Crippen molar-refractivity contribution in [1.82, 2.24) is 0 Å². The van der Waals surface area contributed by atoms with Crippen molar-refractivity contribution in [3.63, 3.8) is 0 Å². The highest BCUT2D eigenvalue weighted by atomic mass is 35.5. The molecule has 0 amide bonds. The Morgan fingerprint density at radius 1 is 1.00 bits per heavy atom. The van der Waals surface area contributed by atoms with Crippen LogP contribution < -0.4 is 11.1 Å². The lowest BCUT2D eigenvalue weighted by atomic mass is 10.1. The highest BCUT2D eigenvalue weighted by Gasteiger charge is 2.05. The van der Waals surface area contributed by atoms with Gasteiger partial charge in [0.2, 0.25) is 0 Å². The van der Waals surface area contributed by atoms with E-state index in [-0.39, 0.29) is 0 Å². The first kappa shape index (κ1) is 11.9. The number of nitrogens with one attached hydrogen (secondary N) is 1. The van der Waals surface area contributed by atoms with E-state index in [1.165, 1.54) is 0 Å². The highest BCUT2D eigenvalue weighted by molar-refractivity contribution is 7.80. The van der Waals surface area contributed by atoms with Gasteiger partial charge in [-0.1, -0.05) is 48.1 Å². The van der Waals surface area contributed by atoms with Crippen LogP contribution in [0.5, 0.6) is 0 Å². The molecular weight excluding hydrogens is 252 g/mol. The lowest BCUT2D eigenvalue weighted by Crippen LogP contribution is -2.11. The Hall–Kier alpha value is -1.58. The summed E-state index contributed by atoms with van der Waals surface area (Å²) in [4.78, 5) is 0.361. The predicted molar refractivity (Wildman–Crippen MR) is 77.1 cm³/mol. The second kappa shape index (κ2) is 5.17. The summed E-state index contributed by atoms with van der Waals surface area (Å²) >= 11 is 11.1. The molecule has 2 aromatic rings. The van der Waals surface area contributed by atoms with Crippen LogP contribution in [0.25, 0.3) is 0 Å². The average Bonchev–Trinajstić information content (AvgIpc) is 2.32. The molecule has 0 bridgehead atoms. The van der Waals surface area contributed by atoms with Crippen molar-refractivity contribution in [2.75, 3.05) is 5.32 Å². The van der Waals surface area contributed by atoms with Gasteiger partial charge in [0.25, 0.3) is 0 Å². The van der Waals surface area contributed by atoms with Crippen molar-refractivity contribution in [3.05, 3.63) is 59.1 Å². The fourth-order valence-corrected chi connectivity index (χ4v) is 1.88. The number of benzene rings is 2. The Morgan fingerprint density at radius 3 is 2.24 bits per heavy atom. The Balaban J connectivity index is 2.37. The van der Waals surface area contributed by atoms with E-state index in [0.29, 0.717) is 10.0 Å². The monoisotopic (exact) mass is 262 g/mol. The zero-order chi connectivity index (χ0) is 12.3. The molecule has 0 unspecified atom stereocenters. The van der Waals surface area contributed by atoms with Crippen molar-refractivity contribution in [1.29, 1.82) is 0 Å². The molecule has 0 radical (unpaired) electrons. The molecule has 0 fully saturated rings. The van der Waals surface area contributed by atoms with E-state index < -0.39 is 0 Å². The third kappa shape index (κ3) is 2.75. The average molecular weight is 263 g/mol. The van der Waals surface area contributed by atoms with E-state index in [1.54, 1.807) is 0 Å². The highest BCUT2D eigenvalue weighted by Crippen LogP contribution is 2.26. The predicted octanol–water partition coefficient (Wildman–Crippen LogP) is 3.72. The van der Waals surface area contributed by atoms with Gasteiger partial charge in [0.1, 0.15) is 4.99 Å². The number of nitrogens with two attached hydrogens (primary N) is 1. The van der Waals surface area contributed by atoms with Crippen LogP contribution in [0.15, 0.2) is 48.5 Å². The van der Waals surface area contributed by atoms with Gasteiger partial charge < -0.3 is 11.1 Å². The smallest absolute Gasteiger partial charge is 0.106 e. The van der Waals surface area contributed by atoms with E-state index in [9.17, 15) is 0 Å². The third-order valence-corrected chi connectivity index (χ3v) is 2.89. The lowest BCUT2D eigenvalue weighted by Gasteiger charge is -2.11. The number of halogens is 1. The maximum atomic E-state index is 6.08. The zero-order valence-corrected chi connectivity index (χ0v) is 10.6. The summed E-state index contributed by atoms with van der Waals surface area (Å²) in [6.07, 6.45) is 0. The summed E-state index contributed by atoms with van der Waals surface area (Å²) in [7, 11) is 0. The summed E-state index contributed by atoms with van der Waals surface area (Å²) in [6, 6.07) is 15.1. The normalized spacial score (nSPS) is 9.94. The van der Waals surface area contributed by atoms with Crippen LogP contribution in [0.4, 0.5) is 11.4 Å². The first-order valence-electron chi connectivity index (χ1n) is 5.09. The van der Waals surface area contributed by atoms with Gasteiger partial charge >= 0.3 is 0 Å². The maximum Gasteiger partial charge on any atom is 0.106 e. The standard InChI is InChI=1S/C13H11ClN2S/c14-10-6-2-4-8-12(10)16-11-7-3-1-5-9(11)13(15)17/h1-8,16H,(H2,15,17). The Morgan fingerprint density at radius 2 is 1.59 bits per heavy atom. The van der Waals surface area contributed by atoms with E-state index in [0.717, 1.165) is 16.9 Å². The van der Waals surface area contributed by atoms with Crippen LogP contribution >= 0.6 is 23.8 Å². The summed E-state index contributed by atoms with van der Waals surface area (Å²) in [5, 5.41) is 3.88. The number of thiocarbonyl (C=S) groups is 1. The Bertz CT molecular complexity index is 555. The fourth-order valence-electron chi connectivity index (χ4n) is 1.51. The molecule has 2 nitrogen and oxygen atoms in total. The second-order valence-electron chi connectivity index (χ2n) is 3.51. The van der Waals surface area contributed by atoms with Gasteiger partial charge in [-0.15, -0.1) is 0 Å². The molecular formula is C13H11ClN2S. The van der Waals surface area contributed by atoms with Gasteiger partial charge in [-0.25, -0.2) is 0 Å². The van der Waals surface area contributed by atoms with E-state index in [1.807, 2.05) is 48.5 Å². The molecule has 2 rings (SSSR count). The second-order valence-corrected chi connectivity index (χ2v) is 4.36. The molecule has 4 heteroatoms. The molecule has 3 N–H and O–H groups in total. The first-order valence-corrected chi connectivity index (χ1v) is 5.87. The molecule has 0 spiro atoms. The van der Waals surface area contributed by atoms with Gasteiger partial charge in [0.15, 0.2) is 0 Å². The minimum absolute atomic E-state index is 0.361. The SMILES string of the molecule is NC(=S)c1ccccc1Nc1ccccc1Cl. The molecule has 2 aromatic carbocycles. The minimum Gasteiger partial charge on any atom is -0.389 e. The van der Waals surface area contributed by atoms with Crippen molar-refractivity contribution in [2.45, 2.75) is 0 Å². The van der Waals surface area contributed by atoms with E-state index in [4.69, 9.17) is 29.6 Å². The van der Waals surface area contributed by atoms with Crippen molar-refractivity contribution < 1.29 is 0 Å². The van der Waals surface area contributed by atoms with Crippen molar-refractivity contribution in [2.24, 2.45) is 5.73 Å². The van der Waals surface area contributed by atoms with Gasteiger partial charge in [0, 0.05) is 11.3 Å². The van der Waals surface area contributed by atoms with Gasteiger partial charge in [-0.05, 0) is 24.3 Å². The Kier molecular flexibility index (Phi) is 3.61. The van der Waals surface area contributed by atoms with Gasteiger partial charge in [-0.2, -0.15) is 0 Å². The molecule has 0 aliphatic carbocycles. The summed E-state index contributed by atoms with van der Waals surface area (Å²) in [6.45, 7) is 0. The van der Waals surface area contributed by atoms with Gasteiger partial charge in [-0.3, -0.25) is 0 Å². The van der Waals surface area contributed by atoms with E-state index in [2.05, 4.69) is 5.32 Å². The van der Waals surface area contributed by atoms with Crippen molar-refractivity contribution in [3.8, 4) is 0 Å². The Labute approximate surface area is 110 Å². The van der Waals surface area contributed by atoms with Crippen LogP contribution in [-0.2, 0) is 0 Å². The largest absolute Gasteiger partial charge is 0.389 e. The van der Waals surface area contributed by atoms with E-state index >= 15 is 0 Å². The van der Waals surface area contributed by atoms with Crippen LogP contribution in [0.3, 0.4) is 0 Å². The molecule has 0 aliphatic rings. The maximum absolute atomic E-state index is 6.08. The molecule has 0 aromatic heterocycles. The molecule has 0 saturated heterocycles. The fraction of sp³-hybridized carbons (Fsp3) is 0. The molecule has 0 heterocycles. The summed E-state index contributed by atoms with van der Waals surface area (Å²) in [5.41, 5.74) is 8.16. The number of hydrogen-bond donors (Lipinski definition) is 2. The summed E-state index contributed by atoms with van der Waals surface area (Å²) in [5.74, 6) is 0. The minimum atomic E-state index is 0.361. The topological polar surface area (TPSA) is 38.0 Å². The van der Waals surface area contributed by atoms with Crippen LogP contribution in [0, 0.1) is 0 Å². The number of hydrogen-bond acceptors (Lipinski definition) is 2. The van der Waals surface area contributed by atoms with Gasteiger partial charge in [0.05, 0.1) is 10.7 Å². The zero-order valence-electron chi connectivity index (χ0n) is 8.98. The number of para-hydroxylation sites is 2. The molecule has 0 atom stereocenters. The molecule has 0 saturated carbocycles.